The largest absolute Gasteiger partial charge is 0.447 e. The van der Waals surface area contributed by atoms with Gasteiger partial charge in [0.15, 0.2) is 5.09 Å². The van der Waals surface area contributed by atoms with Crippen LogP contribution >= 0.6 is 55.2 Å². The van der Waals surface area contributed by atoms with Crippen LogP contribution in [0.3, 0.4) is 0 Å². The van der Waals surface area contributed by atoms with Crippen LogP contribution in [0.2, 0.25) is 5.02 Å². The molecule has 1 amide bonds. The molecule has 1 heterocycles. The lowest BCUT2D eigenvalue weighted by Gasteiger charge is -2.01. The van der Waals surface area contributed by atoms with Crippen LogP contribution in [0.4, 0.5) is 0 Å². The van der Waals surface area contributed by atoms with E-state index in [1.807, 2.05) is 30.3 Å². The summed E-state index contributed by atoms with van der Waals surface area (Å²) in [5.74, 6) is 0.205. The third kappa shape index (κ3) is 5.01. The van der Waals surface area contributed by atoms with Gasteiger partial charge in [0.1, 0.15) is 5.76 Å². The Bertz CT molecular complexity index is 958. The van der Waals surface area contributed by atoms with Gasteiger partial charge in [-0.15, -0.1) is 0 Å². The fraction of sp³-hybridized carbons (Fsp3) is 0. The molecule has 0 aliphatic heterocycles. The van der Waals surface area contributed by atoms with E-state index in [4.69, 9.17) is 16.0 Å². The number of hydrogen-bond donors (Lipinski definition) is 1. The molecule has 0 aliphatic rings. The molecular weight excluding hydrogens is 504 g/mol. The van der Waals surface area contributed by atoms with Crippen molar-refractivity contribution in [2.75, 3.05) is 0 Å². The monoisotopic (exact) mass is 512 g/mol. The van der Waals surface area contributed by atoms with E-state index in [0.717, 1.165) is 9.37 Å². The zero-order chi connectivity index (χ0) is 18.5. The average molecular weight is 515 g/mol. The molecule has 2 aromatic carbocycles. The van der Waals surface area contributed by atoms with Crippen molar-refractivity contribution in [3.63, 3.8) is 0 Å². The van der Waals surface area contributed by atoms with E-state index in [1.165, 1.54) is 18.0 Å². The first-order valence-electron chi connectivity index (χ1n) is 7.33. The van der Waals surface area contributed by atoms with Crippen molar-refractivity contribution in [1.82, 2.24) is 5.43 Å². The maximum Gasteiger partial charge on any atom is 0.272 e. The topological polar surface area (TPSA) is 54.6 Å². The molecule has 0 aliphatic carbocycles. The number of rotatable bonds is 5. The van der Waals surface area contributed by atoms with E-state index in [2.05, 4.69) is 42.4 Å². The van der Waals surface area contributed by atoms with Crippen molar-refractivity contribution in [3.05, 3.63) is 79.9 Å². The van der Waals surface area contributed by atoms with Crippen LogP contribution in [-0.4, -0.2) is 12.1 Å². The first-order valence-corrected chi connectivity index (χ1v) is 10.1. The van der Waals surface area contributed by atoms with Gasteiger partial charge in [0.2, 0.25) is 0 Å². The highest BCUT2D eigenvalue weighted by atomic mass is 79.9. The minimum Gasteiger partial charge on any atom is -0.447 e. The summed E-state index contributed by atoms with van der Waals surface area (Å²) >= 11 is 14.1. The second-order valence-electron chi connectivity index (χ2n) is 5.02. The van der Waals surface area contributed by atoms with Gasteiger partial charge in [-0.3, -0.25) is 4.79 Å². The molecule has 1 aromatic heterocycles. The molecule has 3 rings (SSSR count). The molecule has 0 saturated carbocycles. The lowest BCUT2D eigenvalue weighted by molar-refractivity contribution is 0.0954. The second-order valence-corrected chi connectivity index (χ2v) is 8.21. The van der Waals surface area contributed by atoms with Gasteiger partial charge in [0, 0.05) is 20.5 Å². The van der Waals surface area contributed by atoms with Crippen LogP contribution in [0.1, 0.15) is 16.1 Å². The van der Waals surface area contributed by atoms with Gasteiger partial charge in [0.05, 0.1) is 16.3 Å². The highest BCUT2D eigenvalue weighted by molar-refractivity contribution is 9.10. The molecule has 0 atom stereocenters. The van der Waals surface area contributed by atoms with E-state index in [9.17, 15) is 4.79 Å². The number of nitrogens with one attached hydrogen (secondary N) is 1. The number of hydrazone groups is 1. The van der Waals surface area contributed by atoms with E-state index in [1.54, 1.807) is 24.3 Å². The molecule has 26 heavy (non-hydrogen) atoms. The number of carbonyl (C=O) groups excluding carboxylic acids is 1. The number of furan rings is 1. The lowest BCUT2D eigenvalue weighted by atomic mass is 10.2. The third-order valence-electron chi connectivity index (χ3n) is 3.18. The molecule has 0 fully saturated rings. The van der Waals surface area contributed by atoms with Crippen molar-refractivity contribution in [3.8, 4) is 0 Å². The molecule has 0 spiro atoms. The standard InChI is InChI=1S/C18H11Br2ClN2O2S/c19-15-4-2-1-3-14(15)17(24)23-22-10-12-9-16(20)18(25-12)26-13-7-5-11(21)6-8-13/h1-10H,(H,23,24)/b22-10+. The molecule has 4 nitrogen and oxygen atoms in total. The van der Waals surface area contributed by atoms with Gasteiger partial charge in [-0.2, -0.15) is 5.10 Å². The normalized spacial score (nSPS) is 11.0. The number of halogens is 3. The number of benzene rings is 2. The summed E-state index contributed by atoms with van der Waals surface area (Å²) in [7, 11) is 0. The Hall–Kier alpha value is -1.54. The molecule has 3 aromatic rings. The predicted molar refractivity (Wildman–Crippen MR) is 111 cm³/mol. The summed E-state index contributed by atoms with van der Waals surface area (Å²) in [5, 5.41) is 5.31. The highest BCUT2D eigenvalue weighted by Crippen LogP contribution is 2.35. The van der Waals surface area contributed by atoms with Crippen LogP contribution in [-0.2, 0) is 0 Å². The molecule has 0 bridgehead atoms. The van der Waals surface area contributed by atoms with Crippen LogP contribution in [0.15, 0.2) is 83.0 Å². The second kappa shape index (κ2) is 8.90. The minimum atomic E-state index is -0.310. The van der Waals surface area contributed by atoms with Crippen molar-refractivity contribution in [1.29, 1.82) is 0 Å². The summed E-state index contributed by atoms with van der Waals surface area (Å²) in [5.41, 5.74) is 2.98. The third-order valence-corrected chi connectivity index (χ3v) is 5.97. The van der Waals surface area contributed by atoms with Crippen LogP contribution < -0.4 is 5.43 Å². The Morgan fingerprint density at radius 2 is 1.85 bits per heavy atom. The van der Waals surface area contributed by atoms with Gasteiger partial charge in [-0.25, -0.2) is 5.43 Å². The Labute approximate surface area is 176 Å². The van der Waals surface area contributed by atoms with E-state index < -0.39 is 0 Å². The smallest absolute Gasteiger partial charge is 0.272 e. The number of carbonyl (C=O) groups is 1. The fourth-order valence-electron chi connectivity index (χ4n) is 1.97. The molecular formula is C18H11Br2ClN2O2S. The lowest BCUT2D eigenvalue weighted by Crippen LogP contribution is -2.17. The molecule has 0 unspecified atom stereocenters. The van der Waals surface area contributed by atoms with Gasteiger partial charge in [-0.05, 0) is 68.3 Å². The van der Waals surface area contributed by atoms with Crippen LogP contribution in [0.25, 0.3) is 0 Å². The maximum atomic E-state index is 12.1. The van der Waals surface area contributed by atoms with Crippen LogP contribution in [0.5, 0.6) is 0 Å². The summed E-state index contributed by atoms with van der Waals surface area (Å²) in [4.78, 5) is 13.1. The average Bonchev–Trinajstić information content (AvgIpc) is 2.96. The van der Waals surface area contributed by atoms with Gasteiger partial charge in [0.25, 0.3) is 5.91 Å². The first-order chi connectivity index (χ1) is 12.5. The molecule has 1 N–H and O–H groups in total. The Morgan fingerprint density at radius 1 is 1.12 bits per heavy atom. The van der Waals surface area contributed by atoms with Gasteiger partial charge >= 0.3 is 0 Å². The number of nitrogens with zero attached hydrogens (tertiary/aromatic N) is 1. The van der Waals surface area contributed by atoms with E-state index in [-0.39, 0.29) is 5.91 Å². The molecule has 132 valence electrons. The Kier molecular flexibility index (Phi) is 6.58. The van der Waals surface area contributed by atoms with Crippen molar-refractivity contribution >= 4 is 67.3 Å². The van der Waals surface area contributed by atoms with Crippen LogP contribution in [0, 0.1) is 0 Å². The predicted octanol–water partition coefficient (Wildman–Crippen LogP) is 6.37. The highest BCUT2D eigenvalue weighted by Gasteiger charge is 2.11. The SMILES string of the molecule is O=C(N/N=C/c1cc(Br)c(Sc2ccc(Cl)cc2)o1)c1ccccc1Br. The molecule has 0 saturated heterocycles. The summed E-state index contributed by atoms with van der Waals surface area (Å²) in [6, 6.07) is 16.4. The Morgan fingerprint density at radius 3 is 2.58 bits per heavy atom. The summed E-state index contributed by atoms with van der Waals surface area (Å²) < 4.78 is 7.24. The van der Waals surface area contributed by atoms with Gasteiger partial charge < -0.3 is 4.42 Å². The number of amides is 1. The quantitative estimate of drug-likeness (QED) is 0.318. The minimum absolute atomic E-state index is 0.310. The molecule has 8 heteroatoms. The summed E-state index contributed by atoms with van der Waals surface area (Å²) in [6.45, 7) is 0. The van der Waals surface area contributed by atoms with E-state index in [0.29, 0.717) is 25.9 Å². The van der Waals surface area contributed by atoms with Crippen molar-refractivity contribution in [2.24, 2.45) is 5.10 Å². The zero-order valence-corrected chi connectivity index (χ0v) is 17.8. The van der Waals surface area contributed by atoms with Crippen molar-refractivity contribution in [2.45, 2.75) is 9.99 Å². The summed E-state index contributed by atoms with van der Waals surface area (Å²) in [6.07, 6.45) is 1.45. The zero-order valence-electron chi connectivity index (χ0n) is 13.1. The fourth-order valence-corrected chi connectivity index (χ4v) is 3.89. The Balaban J connectivity index is 1.65. The maximum absolute atomic E-state index is 12.1. The first kappa shape index (κ1) is 19.2. The van der Waals surface area contributed by atoms with E-state index >= 15 is 0 Å². The van der Waals surface area contributed by atoms with Crippen molar-refractivity contribution < 1.29 is 9.21 Å². The molecule has 0 radical (unpaired) electrons. The number of hydrogen-bond acceptors (Lipinski definition) is 4. The van der Waals surface area contributed by atoms with Gasteiger partial charge in [-0.1, -0.05) is 35.5 Å².